The maximum Gasteiger partial charge on any atom is 0.293 e. The minimum absolute atomic E-state index is 0.0931. The summed E-state index contributed by atoms with van der Waals surface area (Å²) < 4.78 is 14.0. The normalized spacial score (nSPS) is 20.4. The minimum Gasteiger partial charge on any atom is -0.478 e. The Labute approximate surface area is 364 Å². The second-order valence-electron chi connectivity index (χ2n) is 17.6. The zero-order chi connectivity index (χ0) is 43.3. The van der Waals surface area contributed by atoms with Gasteiger partial charge in [0.1, 0.15) is 11.1 Å². The maximum atomic E-state index is 13.4. The van der Waals surface area contributed by atoms with Gasteiger partial charge in [-0.05, 0) is 101 Å². The molecule has 4 fully saturated rings. The molecule has 16 nitrogen and oxygen atoms in total. The highest BCUT2D eigenvalue weighted by atomic mass is 35.5. The van der Waals surface area contributed by atoms with Crippen LogP contribution in [0.4, 0.5) is 23.1 Å². The van der Waals surface area contributed by atoms with Crippen molar-refractivity contribution in [3.05, 3.63) is 75.2 Å². The van der Waals surface area contributed by atoms with Crippen molar-refractivity contribution < 1.29 is 28.7 Å². The number of aromatic nitrogens is 3. The molecule has 0 radical (unpaired) electrons. The molecule has 1 spiro atoms. The summed E-state index contributed by atoms with van der Waals surface area (Å²) in [6, 6.07) is 12.6. The number of fused-ring (bicyclic) bond motifs is 2. The van der Waals surface area contributed by atoms with Crippen molar-refractivity contribution in [1.82, 2.24) is 30.1 Å². The van der Waals surface area contributed by atoms with E-state index in [1.807, 2.05) is 44.2 Å². The highest BCUT2D eigenvalue weighted by Crippen LogP contribution is 2.47. The van der Waals surface area contributed by atoms with Crippen LogP contribution in [0.3, 0.4) is 0 Å². The van der Waals surface area contributed by atoms with Crippen LogP contribution >= 0.6 is 11.6 Å². The van der Waals surface area contributed by atoms with Crippen LogP contribution in [-0.4, -0.2) is 101 Å². The standard InChI is InChI=1S/C45H52ClN9O7/c1-26(2)55-35-7-5-29(18-28(35)19-37(43(55)60)61-23-39(57)47-3)49-40-34(46)21-48-44(51-40)52-16-12-32(13-17-52)62-31-10-14-45(15-11-31)24-53(25-45)30-6-4-27-22-54(42(59)33(27)20-30)36-8-9-38(56)50-41(36)58/h4-7,18-21,26,31-32,36H,8-17,22-25H2,1-3H3,(H,47,57)(H,48,49,51)(H,50,56,58). The van der Waals surface area contributed by atoms with Crippen molar-refractivity contribution in [2.24, 2.45) is 5.41 Å². The molecule has 3 N–H and O–H groups in total. The van der Waals surface area contributed by atoms with Crippen molar-refractivity contribution in [3.8, 4) is 5.75 Å². The van der Waals surface area contributed by atoms with Crippen molar-refractivity contribution in [2.45, 2.75) is 96.1 Å². The molecule has 1 aliphatic carbocycles. The maximum absolute atomic E-state index is 13.4. The Hall–Kier alpha value is -5.74. The number of pyridine rings is 1. The van der Waals surface area contributed by atoms with E-state index in [-0.39, 0.29) is 71.6 Å². The van der Waals surface area contributed by atoms with Gasteiger partial charge in [-0.15, -0.1) is 0 Å². The third kappa shape index (κ3) is 8.17. The van der Waals surface area contributed by atoms with Crippen molar-refractivity contribution in [3.63, 3.8) is 0 Å². The lowest BCUT2D eigenvalue weighted by molar-refractivity contribution is -0.137. The average Bonchev–Trinajstić information content (AvgIpc) is 3.57. The number of ether oxygens (including phenoxy) is 2. The second-order valence-corrected chi connectivity index (χ2v) is 18.0. The predicted octanol–water partition coefficient (Wildman–Crippen LogP) is 5.09. The third-order valence-corrected chi connectivity index (χ3v) is 13.5. The summed E-state index contributed by atoms with van der Waals surface area (Å²) in [6.45, 7) is 7.40. The summed E-state index contributed by atoms with van der Waals surface area (Å²) in [7, 11) is 1.51. The van der Waals surface area contributed by atoms with E-state index in [1.54, 1.807) is 21.7 Å². The number of hydrogen-bond donors (Lipinski definition) is 3. The van der Waals surface area contributed by atoms with Crippen molar-refractivity contribution >= 4 is 69.3 Å². The molecule has 1 saturated carbocycles. The Kier molecular flexibility index (Phi) is 11.3. The molecular weight excluding hydrogens is 814 g/mol. The van der Waals surface area contributed by atoms with Crippen LogP contribution in [0.25, 0.3) is 10.9 Å². The molecule has 4 amide bonds. The molecule has 0 bridgehead atoms. The first kappa shape index (κ1) is 41.6. The monoisotopic (exact) mass is 865 g/mol. The molecule has 5 aliphatic rings. The van der Waals surface area contributed by atoms with Crippen LogP contribution in [-0.2, 0) is 25.7 Å². The van der Waals surface area contributed by atoms with Crippen LogP contribution in [0.1, 0.15) is 87.2 Å². The Morgan fingerprint density at radius 3 is 2.45 bits per heavy atom. The number of hydrogen-bond acceptors (Lipinski definition) is 12. The van der Waals surface area contributed by atoms with Crippen LogP contribution in [0, 0.1) is 5.41 Å². The number of nitrogens with one attached hydrogen (secondary N) is 3. The summed E-state index contributed by atoms with van der Waals surface area (Å²) in [6.07, 6.45) is 8.63. The van der Waals surface area contributed by atoms with Gasteiger partial charge < -0.3 is 39.4 Å². The topological polar surface area (TPSA) is 180 Å². The second kappa shape index (κ2) is 16.9. The molecular formula is C45H52ClN9O7. The van der Waals surface area contributed by atoms with Crippen LogP contribution in [0.2, 0.25) is 5.02 Å². The number of halogens is 1. The van der Waals surface area contributed by atoms with Gasteiger partial charge in [-0.25, -0.2) is 4.98 Å². The van der Waals surface area contributed by atoms with E-state index in [0.717, 1.165) is 86.9 Å². The van der Waals surface area contributed by atoms with Gasteiger partial charge in [-0.1, -0.05) is 17.7 Å². The first-order chi connectivity index (χ1) is 29.9. The Morgan fingerprint density at radius 1 is 0.968 bits per heavy atom. The number of imide groups is 1. The van der Waals surface area contributed by atoms with Crippen LogP contribution in [0.5, 0.6) is 5.75 Å². The number of carbonyl (C=O) groups is 4. The Morgan fingerprint density at radius 2 is 1.73 bits per heavy atom. The van der Waals surface area contributed by atoms with E-state index >= 15 is 0 Å². The lowest BCUT2D eigenvalue weighted by Gasteiger charge is -2.54. The van der Waals surface area contributed by atoms with Crippen molar-refractivity contribution in [1.29, 1.82) is 0 Å². The molecule has 4 aromatic rings. The molecule has 2 aromatic carbocycles. The summed E-state index contributed by atoms with van der Waals surface area (Å²) in [5, 5.41) is 9.34. The molecule has 62 heavy (non-hydrogen) atoms. The summed E-state index contributed by atoms with van der Waals surface area (Å²) >= 11 is 6.60. The number of amides is 4. The number of nitrogens with zero attached hydrogens (tertiary/aromatic N) is 6. The number of benzene rings is 2. The van der Waals surface area contributed by atoms with Gasteiger partial charge >= 0.3 is 0 Å². The van der Waals surface area contributed by atoms with Gasteiger partial charge in [-0.3, -0.25) is 29.3 Å². The highest BCUT2D eigenvalue weighted by Gasteiger charge is 2.46. The Balaban J connectivity index is 0.760. The minimum atomic E-state index is -0.609. The molecule has 1 unspecified atom stereocenters. The molecule has 326 valence electrons. The number of anilines is 4. The van der Waals surface area contributed by atoms with Gasteiger partial charge in [0.15, 0.2) is 18.2 Å². The fourth-order valence-corrected chi connectivity index (χ4v) is 9.91. The first-order valence-electron chi connectivity index (χ1n) is 21.6. The molecule has 9 rings (SSSR count). The highest BCUT2D eigenvalue weighted by molar-refractivity contribution is 6.33. The Bertz CT molecular complexity index is 2490. The van der Waals surface area contributed by atoms with Gasteiger partial charge in [0.25, 0.3) is 17.4 Å². The van der Waals surface area contributed by atoms with E-state index in [0.29, 0.717) is 41.0 Å². The molecule has 2 aromatic heterocycles. The van der Waals surface area contributed by atoms with Gasteiger partial charge in [0.2, 0.25) is 17.8 Å². The van der Waals surface area contributed by atoms with E-state index in [4.69, 9.17) is 26.1 Å². The van der Waals surface area contributed by atoms with E-state index in [2.05, 4.69) is 36.8 Å². The molecule has 4 aliphatic heterocycles. The van der Waals surface area contributed by atoms with Gasteiger partial charge in [0.05, 0.1) is 23.9 Å². The molecule has 1 atom stereocenters. The fraction of sp³-hybridized carbons (Fsp3) is 0.489. The number of likely N-dealkylation sites (N-methyl/N-ethyl adjacent to an activating group) is 1. The molecule has 17 heteroatoms. The van der Waals surface area contributed by atoms with E-state index < -0.39 is 6.04 Å². The third-order valence-electron chi connectivity index (χ3n) is 13.2. The fourth-order valence-electron chi connectivity index (χ4n) is 9.77. The molecule has 3 saturated heterocycles. The zero-order valence-corrected chi connectivity index (χ0v) is 36.0. The predicted molar refractivity (Wildman–Crippen MR) is 234 cm³/mol. The van der Waals surface area contributed by atoms with Gasteiger partial charge in [-0.2, -0.15) is 4.98 Å². The lowest BCUT2D eigenvalue weighted by atomic mass is 9.67. The van der Waals surface area contributed by atoms with Crippen LogP contribution < -0.4 is 36.0 Å². The van der Waals surface area contributed by atoms with Crippen LogP contribution in [0.15, 0.2) is 53.5 Å². The average molecular weight is 866 g/mol. The summed E-state index contributed by atoms with van der Waals surface area (Å²) in [4.78, 5) is 78.1. The SMILES string of the molecule is CNC(=O)COc1cc2cc(Nc3nc(N4CCC(OC5CCC6(CC5)CN(c5ccc7c(c5)C(=O)N(C5CCC(=O)NC5=O)C7)C6)CC4)ncc3Cl)ccc2n(C(C)C)c1=O. The van der Waals surface area contributed by atoms with E-state index in [1.165, 1.54) is 7.05 Å². The van der Waals surface area contributed by atoms with Crippen molar-refractivity contribution in [2.75, 3.05) is 55.0 Å². The number of carbonyl (C=O) groups excluding carboxylic acids is 4. The largest absolute Gasteiger partial charge is 0.478 e. The van der Waals surface area contributed by atoms with Gasteiger partial charge in [0, 0.05) is 80.0 Å². The van der Waals surface area contributed by atoms with E-state index in [9.17, 15) is 24.0 Å². The number of piperidine rings is 2. The summed E-state index contributed by atoms with van der Waals surface area (Å²) in [5.41, 5.74) is 4.02. The smallest absolute Gasteiger partial charge is 0.293 e. The number of rotatable bonds is 11. The summed E-state index contributed by atoms with van der Waals surface area (Å²) in [5.74, 6) is 0.00131. The quantitative estimate of drug-likeness (QED) is 0.170. The first-order valence-corrected chi connectivity index (χ1v) is 22.0. The zero-order valence-electron chi connectivity index (χ0n) is 35.2. The molecule has 6 heterocycles. The lowest BCUT2D eigenvalue weighted by Crippen LogP contribution is -2.58.